The first-order valence-corrected chi connectivity index (χ1v) is 7.84. The van der Waals surface area contributed by atoms with Crippen molar-refractivity contribution < 1.29 is 14.3 Å². The summed E-state index contributed by atoms with van der Waals surface area (Å²) < 4.78 is 5.52. The molecule has 6 nitrogen and oxygen atoms in total. The van der Waals surface area contributed by atoms with Crippen LogP contribution in [0.2, 0.25) is 5.02 Å². The molecule has 0 bridgehead atoms. The second-order valence-corrected chi connectivity index (χ2v) is 6.04. The lowest BCUT2D eigenvalue weighted by Crippen LogP contribution is -2.47. The molecule has 2 amide bonds. The van der Waals surface area contributed by atoms with Gasteiger partial charge < -0.3 is 20.7 Å². The zero-order valence-corrected chi connectivity index (χ0v) is 15.7. The summed E-state index contributed by atoms with van der Waals surface area (Å²) in [6.45, 7) is 4.40. The van der Waals surface area contributed by atoms with Gasteiger partial charge >= 0.3 is 0 Å². The molecule has 0 heterocycles. The normalized spacial score (nSPS) is 11.4. The van der Waals surface area contributed by atoms with Crippen LogP contribution in [0.1, 0.15) is 13.8 Å². The number of amides is 2. The van der Waals surface area contributed by atoms with Gasteiger partial charge in [-0.2, -0.15) is 0 Å². The van der Waals surface area contributed by atoms with Gasteiger partial charge in [0.15, 0.2) is 0 Å². The highest BCUT2D eigenvalue weighted by Crippen LogP contribution is 2.15. The average Bonchev–Trinajstić information content (AvgIpc) is 2.53. The summed E-state index contributed by atoms with van der Waals surface area (Å²) in [6.07, 6.45) is 0. The van der Waals surface area contributed by atoms with Gasteiger partial charge in [-0.25, -0.2) is 0 Å². The molecule has 1 atom stereocenters. The summed E-state index contributed by atoms with van der Waals surface area (Å²) >= 11 is 5.79. The minimum absolute atomic E-state index is 0. The molecule has 1 rings (SSSR count). The Morgan fingerprint density at radius 1 is 1.29 bits per heavy atom. The molecule has 0 spiro atoms. The fourth-order valence-electron chi connectivity index (χ4n) is 1.67. The molecule has 0 radical (unpaired) electrons. The maximum absolute atomic E-state index is 11.9. The van der Waals surface area contributed by atoms with Crippen LogP contribution in [-0.2, 0) is 9.59 Å². The lowest BCUT2D eigenvalue weighted by Gasteiger charge is -2.19. The smallest absolute Gasteiger partial charge is 0.241 e. The van der Waals surface area contributed by atoms with Crippen molar-refractivity contribution in [3.8, 4) is 5.75 Å². The second kappa shape index (κ2) is 11.1. The Morgan fingerprint density at radius 2 is 1.88 bits per heavy atom. The quantitative estimate of drug-likeness (QED) is 0.721. The Bertz CT molecular complexity index is 524. The van der Waals surface area contributed by atoms with E-state index in [1.165, 1.54) is 4.90 Å². The van der Waals surface area contributed by atoms with Crippen molar-refractivity contribution in [3.63, 3.8) is 0 Å². The molecule has 0 aliphatic rings. The van der Waals surface area contributed by atoms with E-state index in [-0.39, 0.29) is 36.7 Å². The fraction of sp³-hybridized carbons (Fsp3) is 0.500. The number of ether oxygens (including phenoxy) is 1. The highest BCUT2D eigenvalue weighted by atomic mass is 35.5. The molecule has 1 aromatic carbocycles. The maximum Gasteiger partial charge on any atom is 0.241 e. The van der Waals surface area contributed by atoms with Crippen molar-refractivity contribution in [1.82, 2.24) is 10.2 Å². The molecular formula is C16H25Cl2N3O3. The topological polar surface area (TPSA) is 84.7 Å². The number of carbonyl (C=O) groups excluding carboxylic acids is 2. The van der Waals surface area contributed by atoms with Crippen LogP contribution < -0.4 is 15.8 Å². The summed E-state index contributed by atoms with van der Waals surface area (Å²) in [5.41, 5.74) is 5.71. The van der Waals surface area contributed by atoms with E-state index in [1.807, 2.05) is 13.8 Å². The van der Waals surface area contributed by atoms with E-state index in [1.54, 1.807) is 31.3 Å². The van der Waals surface area contributed by atoms with E-state index in [9.17, 15) is 9.59 Å². The molecule has 0 saturated carbocycles. The van der Waals surface area contributed by atoms with Gasteiger partial charge in [0.1, 0.15) is 12.4 Å². The largest absolute Gasteiger partial charge is 0.492 e. The summed E-state index contributed by atoms with van der Waals surface area (Å²) in [6, 6.07) is 6.38. The van der Waals surface area contributed by atoms with Crippen molar-refractivity contribution in [2.45, 2.75) is 19.9 Å². The Labute approximate surface area is 154 Å². The van der Waals surface area contributed by atoms with Crippen molar-refractivity contribution in [2.75, 3.05) is 26.7 Å². The molecule has 24 heavy (non-hydrogen) atoms. The summed E-state index contributed by atoms with van der Waals surface area (Å²) in [4.78, 5) is 25.1. The van der Waals surface area contributed by atoms with Crippen LogP contribution in [0.4, 0.5) is 0 Å². The monoisotopic (exact) mass is 377 g/mol. The highest BCUT2D eigenvalue weighted by Gasteiger charge is 2.18. The van der Waals surface area contributed by atoms with Crippen LogP contribution in [0.3, 0.4) is 0 Å². The van der Waals surface area contributed by atoms with Crippen LogP contribution in [0.5, 0.6) is 5.75 Å². The van der Waals surface area contributed by atoms with Crippen LogP contribution in [0.25, 0.3) is 0 Å². The van der Waals surface area contributed by atoms with Crippen LogP contribution in [0.15, 0.2) is 24.3 Å². The third-order valence-corrected chi connectivity index (χ3v) is 3.62. The molecule has 0 saturated heterocycles. The minimum Gasteiger partial charge on any atom is -0.492 e. The third kappa shape index (κ3) is 7.86. The number of nitrogens with one attached hydrogen (secondary N) is 1. The zero-order chi connectivity index (χ0) is 17.4. The number of rotatable bonds is 8. The van der Waals surface area contributed by atoms with Crippen LogP contribution in [0, 0.1) is 5.92 Å². The van der Waals surface area contributed by atoms with E-state index in [0.717, 1.165) is 0 Å². The lowest BCUT2D eigenvalue weighted by atomic mass is 10.1. The summed E-state index contributed by atoms with van der Waals surface area (Å²) in [5, 5.41) is 3.19. The maximum atomic E-state index is 11.9. The summed E-state index contributed by atoms with van der Waals surface area (Å²) in [5.74, 6) is 0.190. The standard InChI is InChI=1S/C16H24ClN3O3.ClH/c1-11(2)15(18)16(22)19-10-14(21)20(3)8-9-23-13-6-4-12(17)5-7-13;/h4-7,11,15H,8-10,18H2,1-3H3,(H,19,22);1H/t15-;/m0./s1. The number of halogens is 2. The number of hydrogen-bond acceptors (Lipinski definition) is 4. The first kappa shape index (κ1) is 22.5. The number of nitrogens with zero attached hydrogens (tertiary/aromatic N) is 1. The van der Waals surface area contributed by atoms with Gasteiger partial charge in [0.05, 0.1) is 19.1 Å². The molecule has 3 N–H and O–H groups in total. The Balaban J connectivity index is 0.00000529. The number of nitrogens with two attached hydrogens (primary N) is 1. The van der Waals surface area contributed by atoms with Crippen LogP contribution in [-0.4, -0.2) is 49.5 Å². The second-order valence-electron chi connectivity index (χ2n) is 5.61. The minimum atomic E-state index is -0.610. The van der Waals surface area contributed by atoms with E-state index in [0.29, 0.717) is 23.9 Å². The number of likely N-dealkylation sites (N-methyl/N-ethyl adjacent to an activating group) is 1. The van der Waals surface area contributed by atoms with E-state index >= 15 is 0 Å². The molecule has 0 aliphatic heterocycles. The number of carbonyl (C=O) groups is 2. The Morgan fingerprint density at radius 3 is 2.42 bits per heavy atom. The van der Waals surface area contributed by atoms with Gasteiger partial charge in [-0.05, 0) is 30.2 Å². The van der Waals surface area contributed by atoms with E-state index < -0.39 is 6.04 Å². The van der Waals surface area contributed by atoms with Crippen LogP contribution >= 0.6 is 24.0 Å². The van der Waals surface area contributed by atoms with Crippen molar-refractivity contribution in [1.29, 1.82) is 0 Å². The van der Waals surface area contributed by atoms with Gasteiger partial charge in [0.25, 0.3) is 0 Å². The predicted molar refractivity (Wildman–Crippen MR) is 97.7 cm³/mol. The van der Waals surface area contributed by atoms with Crippen molar-refractivity contribution in [3.05, 3.63) is 29.3 Å². The van der Waals surface area contributed by atoms with Crippen molar-refractivity contribution >= 4 is 35.8 Å². The molecule has 8 heteroatoms. The molecule has 1 aromatic rings. The molecular weight excluding hydrogens is 353 g/mol. The fourth-order valence-corrected chi connectivity index (χ4v) is 1.80. The summed E-state index contributed by atoms with van der Waals surface area (Å²) in [7, 11) is 1.65. The zero-order valence-electron chi connectivity index (χ0n) is 14.1. The lowest BCUT2D eigenvalue weighted by molar-refractivity contribution is -0.132. The predicted octanol–water partition coefficient (Wildman–Crippen LogP) is 1.70. The Hall–Kier alpha value is -1.50. The van der Waals surface area contributed by atoms with Gasteiger partial charge in [-0.1, -0.05) is 25.4 Å². The van der Waals surface area contributed by atoms with Gasteiger partial charge in [0.2, 0.25) is 11.8 Å². The molecule has 136 valence electrons. The molecule has 0 fully saturated rings. The first-order valence-electron chi connectivity index (χ1n) is 7.47. The highest BCUT2D eigenvalue weighted by molar-refractivity contribution is 6.30. The third-order valence-electron chi connectivity index (χ3n) is 3.37. The van der Waals surface area contributed by atoms with Gasteiger partial charge in [-0.15, -0.1) is 12.4 Å². The molecule has 0 aliphatic carbocycles. The number of hydrogen-bond donors (Lipinski definition) is 2. The van der Waals surface area contributed by atoms with E-state index in [2.05, 4.69) is 5.32 Å². The van der Waals surface area contributed by atoms with E-state index in [4.69, 9.17) is 22.1 Å². The van der Waals surface area contributed by atoms with Crippen molar-refractivity contribution in [2.24, 2.45) is 11.7 Å². The van der Waals surface area contributed by atoms with Gasteiger partial charge in [-0.3, -0.25) is 9.59 Å². The number of benzene rings is 1. The Kier molecular flexibility index (Phi) is 10.4. The molecule has 0 aromatic heterocycles. The first-order chi connectivity index (χ1) is 10.8. The molecule has 0 unspecified atom stereocenters. The SMILES string of the molecule is CC(C)[C@H](N)C(=O)NCC(=O)N(C)CCOc1ccc(Cl)cc1.Cl. The van der Waals surface area contributed by atoms with Gasteiger partial charge in [0, 0.05) is 12.1 Å². The average molecular weight is 378 g/mol.